The number of rotatable bonds is 9. The van der Waals surface area contributed by atoms with E-state index in [0.717, 1.165) is 32.0 Å². The molecule has 1 heterocycles. The summed E-state index contributed by atoms with van der Waals surface area (Å²) in [5, 5.41) is 13.6. The van der Waals surface area contributed by atoms with Crippen molar-refractivity contribution in [3.63, 3.8) is 0 Å². The topological polar surface area (TPSA) is 38.7 Å². The second-order valence-electron chi connectivity index (χ2n) is 7.13. The van der Waals surface area contributed by atoms with Gasteiger partial charge in [-0.2, -0.15) is 0 Å². The Bertz CT molecular complexity index is 295. The van der Waals surface area contributed by atoms with Crippen molar-refractivity contribution in [2.45, 2.75) is 38.1 Å². The lowest BCUT2D eigenvalue weighted by molar-refractivity contribution is 0.0951. The van der Waals surface area contributed by atoms with Crippen LogP contribution in [-0.4, -0.2) is 73.9 Å². The number of hydrogen-bond acceptors (Lipinski definition) is 4. The Balaban J connectivity index is 1.86. The first kappa shape index (κ1) is 16.2. The Morgan fingerprint density at radius 1 is 1.35 bits per heavy atom. The quantitative estimate of drug-likeness (QED) is 0.662. The Kier molecular flexibility index (Phi) is 5.84. The van der Waals surface area contributed by atoms with Gasteiger partial charge in [0, 0.05) is 19.6 Å². The van der Waals surface area contributed by atoms with E-state index in [-0.39, 0.29) is 12.1 Å². The van der Waals surface area contributed by atoms with Gasteiger partial charge in [0.15, 0.2) is 0 Å². The zero-order valence-corrected chi connectivity index (χ0v) is 13.6. The number of likely N-dealkylation sites (tertiary alicyclic amines) is 1. The molecule has 4 nitrogen and oxygen atoms in total. The summed E-state index contributed by atoms with van der Waals surface area (Å²) in [5.74, 6) is 1.47. The SMILES string of the molecule is CCCNC(CO)(CN(C)CC1CCN(C)C1)C1CC1. The fourth-order valence-electron chi connectivity index (χ4n) is 3.74. The Morgan fingerprint density at radius 3 is 2.60 bits per heavy atom. The summed E-state index contributed by atoms with van der Waals surface area (Å²) < 4.78 is 0. The van der Waals surface area contributed by atoms with Crippen LogP contribution < -0.4 is 5.32 Å². The molecule has 0 aromatic carbocycles. The fourth-order valence-corrected chi connectivity index (χ4v) is 3.74. The molecule has 2 unspecified atom stereocenters. The van der Waals surface area contributed by atoms with E-state index in [4.69, 9.17) is 0 Å². The molecule has 0 amide bonds. The van der Waals surface area contributed by atoms with Gasteiger partial charge < -0.3 is 20.2 Å². The van der Waals surface area contributed by atoms with E-state index < -0.39 is 0 Å². The molecule has 1 saturated carbocycles. The van der Waals surface area contributed by atoms with Crippen molar-refractivity contribution in [3.8, 4) is 0 Å². The second-order valence-corrected chi connectivity index (χ2v) is 7.13. The van der Waals surface area contributed by atoms with E-state index in [2.05, 4.69) is 36.1 Å². The highest BCUT2D eigenvalue weighted by molar-refractivity contribution is 5.02. The molecule has 0 aromatic heterocycles. The van der Waals surface area contributed by atoms with Crippen molar-refractivity contribution in [2.24, 2.45) is 11.8 Å². The summed E-state index contributed by atoms with van der Waals surface area (Å²) in [6.07, 6.45) is 5.00. The van der Waals surface area contributed by atoms with Gasteiger partial charge in [0.2, 0.25) is 0 Å². The average Bonchev–Trinajstić information content (AvgIpc) is 3.20. The molecule has 2 rings (SSSR count). The molecule has 118 valence electrons. The molecule has 0 aromatic rings. The van der Waals surface area contributed by atoms with Gasteiger partial charge in [0.05, 0.1) is 12.1 Å². The van der Waals surface area contributed by atoms with Gasteiger partial charge in [-0.05, 0) is 64.7 Å². The van der Waals surface area contributed by atoms with Crippen LogP contribution in [0.1, 0.15) is 32.6 Å². The zero-order chi connectivity index (χ0) is 14.6. The molecule has 0 radical (unpaired) electrons. The third-order valence-electron chi connectivity index (χ3n) is 4.98. The summed E-state index contributed by atoms with van der Waals surface area (Å²) in [6, 6.07) is 0. The molecule has 20 heavy (non-hydrogen) atoms. The Hall–Kier alpha value is -0.160. The predicted molar refractivity (Wildman–Crippen MR) is 83.9 cm³/mol. The van der Waals surface area contributed by atoms with Crippen LogP contribution in [0.4, 0.5) is 0 Å². The lowest BCUT2D eigenvalue weighted by atomic mass is 9.92. The molecule has 0 spiro atoms. The van der Waals surface area contributed by atoms with E-state index in [1.807, 2.05) is 0 Å². The second kappa shape index (κ2) is 7.21. The van der Waals surface area contributed by atoms with Gasteiger partial charge in [-0.15, -0.1) is 0 Å². The van der Waals surface area contributed by atoms with Crippen LogP contribution in [0.3, 0.4) is 0 Å². The van der Waals surface area contributed by atoms with E-state index in [1.165, 1.54) is 32.4 Å². The lowest BCUT2D eigenvalue weighted by Gasteiger charge is -2.38. The molecule has 2 fully saturated rings. The number of nitrogens with zero attached hydrogens (tertiary/aromatic N) is 2. The highest BCUT2D eigenvalue weighted by atomic mass is 16.3. The summed E-state index contributed by atoms with van der Waals surface area (Å²) in [5.41, 5.74) is -0.0603. The molecule has 4 heteroatoms. The maximum atomic E-state index is 9.97. The normalized spacial score (nSPS) is 27.1. The number of aliphatic hydroxyl groups is 1. The summed E-state index contributed by atoms with van der Waals surface area (Å²) in [4.78, 5) is 4.87. The molecular formula is C16H33N3O. The largest absolute Gasteiger partial charge is 0.394 e. The van der Waals surface area contributed by atoms with Gasteiger partial charge in [0.25, 0.3) is 0 Å². The lowest BCUT2D eigenvalue weighted by Crippen LogP contribution is -2.58. The fraction of sp³-hybridized carbons (Fsp3) is 1.00. The standard InChI is InChI=1S/C16H33N3O/c1-4-8-17-16(13-20,15-5-6-15)12-19(3)11-14-7-9-18(2)10-14/h14-15,17,20H,4-13H2,1-3H3. The summed E-state index contributed by atoms with van der Waals surface area (Å²) in [7, 11) is 4.43. The van der Waals surface area contributed by atoms with Crippen molar-refractivity contribution in [1.82, 2.24) is 15.1 Å². The van der Waals surface area contributed by atoms with Crippen molar-refractivity contribution < 1.29 is 5.11 Å². The van der Waals surface area contributed by atoms with Crippen LogP contribution in [0, 0.1) is 11.8 Å². The first-order valence-electron chi connectivity index (χ1n) is 8.32. The number of hydrogen-bond donors (Lipinski definition) is 2. The van der Waals surface area contributed by atoms with Crippen LogP contribution in [0.5, 0.6) is 0 Å². The van der Waals surface area contributed by atoms with Crippen LogP contribution in [-0.2, 0) is 0 Å². The van der Waals surface area contributed by atoms with E-state index in [0.29, 0.717) is 5.92 Å². The zero-order valence-electron chi connectivity index (χ0n) is 13.6. The predicted octanol–water partition coefficient (Wildman–Crippen LogP) is 1.01. The smallest absolute Gasteiger partial charge is 0.0628 e. The molecule has 1 aliphatic heterocycles. The minimum absolute atomic E-state index is 0.0603. The number of likely N-dealkylation sites (N-methyl/N-ethyl adjacent to an activating group) is 1. The monoisotopic (exact) mass is 283 g/mol. The summed E-state index contributed by atoms with van der Waals surface area (Å²) in [6.45, 7) is 8.08. The first-order chi connectivity index (χ1) is 9.59. The summed E-state index contributed by atoms with van der Waals surface area (Å²) >= 11 is 0. The first-order valence-corrected chi connectivity index (χ1v) is 8.32. The minimum atomic E-state index is -0.0603. The van der Waals surface area contributed by atoms with E-state index >= 15 is 0 Å². The molecule has 2 N–H and O–H groups in total. The average molecular weight is 283 g/mol. The van der Waals surface area contributed by atoms with Crippen molar-refractivity contribution in [3.05, 3.63) is 0 Å². The van der Waals surface area contributed by atoms with Crippen molar-refractivity contribution in [1.29, 1.82) is 0 Å². The van der Waals surface area contributed by atoms with Gasteiger partial charge in [-0.25, -0.2) is 0 Å². The van der Waals surface area contributed by atoms with Crippen LogP contribution in [0.25, 0.3) is 0 Å². The van der Waals surface area contributed by atoms with Crippen molar-refractivity contribution >= 4 is 0 Å². The molecular weight excluding hydrogens is 250 g/mol. The highest BCUT2D eigenvalue weighted by Gasteiger charge is 2.45. The van der Waals surface area contributed by atoms with Gasteiger partial charge >= 0.3 is 0 Å². The van der Waals surface area contributed by atoms with Crippen LogP contribution in [0.15, 0.2) is 0 Å². The maximum absolute atomic E-state index is 9.97. The molecule has 1 aliphatic carbocycles. The minimum Gasteiger partial charge on any atom is -0.394 e. The van der Waals surface area contributed by atoms with Gasteiger partial charge in [-0.1, -0.05) is 6.92 Å². The molecule has 0 bridgehead atoms. The van der Waals surface area contributed by atoms with E-state index in [9.17, 15) is 5.11 Å². The number of aliphatic hydroxyl groups excluding tert-OH is 1. The van der Waals surface area contributed by atoms with Gasteiger partial charge in [0.1, 0.15) is 0 Å². The Morgan fingerprint density at radius 2 is 2.10 bits per heavy atom. The van der Waals surface area contributed by atoms with E-state index in [1.54, 1.807) is 0 Å². The Labute approximate surface area is 124 Å². The maximum Gasteiger partial charge on any atom is 0.0628 e. The van der Waals surface area contributed by atoms with Crippen LogP contribution in [0.2, 0.25) is 0 Å². The van der Waals surface area contributed by atoms with Crippen LogP contribution >= 0.6 is 0 Å². The third-order valence-corrected chi connectivity index (χ3v) is 4.98. The highest BCUT2D eigenvalue weighted by Crippen LogP contribution is 2.40. The van der Waals surface area contributed by atoms with Gasteiger partial charge in [-0.3, -0.25) is 0 Å². The third kappa shape index (κ3) is 4.17. The van der Waals surface area contributed by atoms with Crippen molar-refractivity contribution in [2.75, 3.05) is 53.4 Å². The number of nitrogens with one attached hydrogen (secondary N) is 1. The molecule has 2 aliphatic rings. The molecule has 2 atom stereocenters. The molecule has 1 saturated heterocycles.